The second-order valence-electron chi connectivity index (χ2n) is 6.95. The van der Waals surface area contributed by atoms with Crippen LogP contribution in [-0.2, 0) is 38.1 Å². The second-order valence-corrected chi connectivity index (χ2v) is 7.39. The normalized spacial score (nSPS) is 13.8. The summed E-state index contributed by atoms with van der Waals surface area (Å²) in [5, 5.41) is 3.44. The van der Waals surface area contributed by atoms with Crippen LogP contribution in [0.25, 0.3) is 0 Å². The third kappa shape index (κ3) is 6.82. The van der Waals surface area contributed by atoms with E-state index in [2.05, 4.69) is 5.32 Å². The third-order valence-corrected chi connectivity index (χ3v) is 4.91. The topological polar surface area (TPSA) is 117 Å². The van der Waals surface area contributed by atoms with E-state index in [9.17, 15) is 19.2 Å². The number of ether oxygens (including phenoxy) is 4. The van der Waals surface area contributed by atoms with E-state index in [0.717, 1.165) is 0 Å². The van der Waals surface area contributed by atoms with E-state index in [0.29, 0.717) is 22.0 Å². The second kappa shape index (κ2) is 12.1. The lowest BCUT2D eigenvalue weighted by Crippen LogP contribution is -2.33. The molecule has 1 heterocycles. The molecule has 1 N–H and O–H groups in total. The Hall–Kier alpha value is -3.33. The van der Waals surface area contributed by atoms with Crippen molar-refractivity contribution in [1.29, 1.82) is 0 Å². The molecule has 0 unspecified atom stereocenters. The van der Waals surface area contributed by atoms with Gasteiger partial charge < -0.3 is 24.3 Å². The predicted octanol–water partition coefficient (Wildman–Crippen LogP) is 2.79. The van der Waals surface area contributed by atoms with E-state index in [-0.39, 0.29) is 24.4 Å². The number of carbonyl (C=O) groups excluding carboxylic acids is 4. The van der Waals surface area contributed by atoms with Crippen LogP contribution in [0.15, 0.2) is 46.8 Å². The van der Waals surface area contributed by atoms with E-state index in [1.54, 1.807) is 52.0 Å². The van der Waals surface area contributed by atoms with Crippen LogP contribution in [0, 0.1) is 0 Å². The average molecular weight is 480 g/mol. The Kier molecular flexibility index (Phi) is 9.47. The van der Waals surface area contributed by atoms with Crippen molar-refractivity contribution in [2.75, 3.05) is 26.4 Å². The molecule has 0 amide bonds. The quantitative estimate of drug-likeness (QED) is 0.421. The highest BCUT2D eigenvalue weighted by Crippen LogP contribution is 2.39. The van der Waals surface area contributed by atoms with Crippen molar-refractivity contribution < 1.29 is 38.1 Å². The summed E-state index contributed by atoms with van der Waals surface area (Å²) in [6, 6.07) is 6.56. The number of dihydropyridines is 1. The van der Waals surface area contributed by atoms with Gasteiger partial charge in [-0.1, -0.05) is 23.7 Å². The number of esters is 4. The molecule has 0 saturated heterocycles. The van der Waals surface area contributed by atoms with Gasteiger partial charge in [0.2, 0.25) is 0 Å². The van der Waals surface area contributed by atoms with Gasteiger partial charge in [0, 0.05) is 16.4 Å². The fraction of sp³-hybridized carbons (Fsp3) is 0.391. The molecule has 33 heavy (non-hydrogen) atoms. The molecule has 178 valence electrons. The molecule has 0 saturated carbocycles. The molecule has 1 aromatic rings. The molecule has 0 radical (unpaired) electrons. The van der Waals surface area contributed by atoms with Crippen LogP contribution in [-0.4, -0.2) is 50.3 Å². The predicted molar refractivity (Wildman–Crippen MR) is 118 cm³/mol. The molecule has 10 heteroatoms. The van der Waals surface area contributed by atoms with E-state index in [1.807, 2.05) is 0 Å². The van der Waals surface area contributed by atoms with Crippen molar-refractivity contribution in [2.45, 2.75) is 33.6 Å². The van der Waals surface area contributed by atoms with Gasteiger partial charge >= 0.3 is 23.9 Å². The van der Waals surface area contributed by atoms with E-state index < -0.39 is 43.0 Å². The fourth-order valence-corrected chi connectivity index (χ4v) is 3.46. The molecule has 0 spiro atoms. The van der Waals surface area contributed by atoms with Crippen LogP contribution in [0.1, 0.15) is 39.2 Å². The Morgan fingerprint density at radius 1 is 0.788 bits per heavy atom. The van der Waals surface area contributed by atoms with Crippen LogP contribution >= 0.6 is 11.6 Å². The molecule has 9 nitrogen and oxygen atoms in total. The van der Waals surface area contributed by atoms with E-state index >= 15 is 0 Å². The van der Waals surface area contributed by atoms with Crippen molar-refractivity contribution in [3.05, 3.63) is 57.4 Å². The van der Waals surface area contributed by atoms with Crippen molar-refractivity contribution in [3.63, 3.8) is 0 Å². The molecule has 0 atom stereocenters. The molecular weight excluding hydrogens is 454 g/mol. The standard InChI is InChI=1S/C23H26ClNO8/c1-5-30-17(26)11-32-22(28)19-13(3)25-14(4)20(23(29)33-12-18(27)31-6-2)21(19)15-7-9-16(24)10-8-15/h7-10,21,25H,5-6,11-12H2,1-4H3. The van der Waals surface area contributed by atoms with Crippen molar-refractivity contribution in [3.8, 4) is 0 Å². The highest BCUT2D eigenvalue weighted by molar-refractivity contribution is 6.30. The number of nitrogens with one attached hydrogen (secondary N) is 1. The zero-order chi connectivity index (χ0) is 24.5. The largest absolute Gasteiger partial charge is 0.463 e. The maximum atomic E-state index is 13.0. The fourth-order valence-electron chi connectivity index (χ4n) is 3.33. The average Bonchev–Trinajstić information content (AvgIpc) is 2.76. The monoisotopic (exact) mass is 479 g/mol. The summed E-state index contributed by atoms with van der Waals surface area (Å²) < 4.78 is 19.9. The number of benzene rings is 1. The Balaban J connectivity index is 2.41. The van der Waals surface area contributed by atoms with Gasteiger partial charge in [-0.2, -0.15) is 0 Å². The highest BCUT2D eigenvalue weighted by Gasteiger charge is 2.38. The maximum Gasteiger partial charge on any atom is 0.344 e. The number of halogens is 1. The number of hydrogen-bond acceptors (Lipinski definition) is 9. The lowest BCUT2D eigenvalue weighted by atomic mass is 9.80. The van der Waals surface area contributed by atoms with E-state index in [1.165, 1.54) is 0 Å². The van der Waals surface area contributed by atoms with Crippen LogP contribution in [0.5, 0.6) is 0 Å². The molecule has 1 aromatic carbocycles. The minimum absolute atomic E-state index is 0.107. The molecular formula is C23H26ClNO8. The van der Waals surface area contributed by atoms with Crippen LogP contribution in [0.2, 0.25) is 5.02 Å². The Morgan fingerprint density at radius 3 is 1.61 bits per heavy atom. The van der Waals surface area contributed by atoms with Crippen molar-refractivity contribution >= 4 is 35.5 Å². The Labute approximate surface area is 196 Å². The van der Waals surface area contributed by atoms with Crippen molar-refractivity contribution in [2.24, 2.45) is 0 Å². The zero-order valence-corrected chi connectivity index (χ0v) is 19.6. The van der Waals surface area contributed by atoms with Gasteiger partial charge in [-0.3, -0.25) is 0 Å². The maximum absolute atomic E-state index is 13.0. The molecule has 0 bridgehead atoms. The summed E-state index contributed by atoms with van der Waals surface area (Å²) >= 11 is 6.01. The van der Waals surface area contributed by atoms with E-state index in [4.69, 9.17) is 30.5 Å². The minimum Gasteiger partial charge on any atom is -0.463 e. The Morgan fingerprint density at radius 2 is 1.21 bits per heavy atom. The van der Waals surface area contributed by atoms with Gasteiger partial charge in [0.1, 0.15) is 0 Å². The zero-order valence-electron chi connectivity index (χ0n) is 18.9. The van der Waals surface area contributed by atoms with Gasteiger partial charge in [-0.15, -0.1) is 0 Å². The number of rotatable bonds is 9. The summed E-state index contributed by atoms with van der Waals surface area (Å²) in [4.78, 5) is 49.3. The number of hydrogen-bond donors (Lipinski definition) is 1. The first-order valence-corrected chi connectivity index (χ1v) is 10.7. The van der Waals surface area contributed by atoms with Gasteiger partial charge in [-0.05, 0) is 45.4 Å². The van der Waals surface area contributed by atoms with Crippen molar-refractivity contribution in [1.82, 2.24) is 5.32 Å². The van der Waals surface area contributed by atoms with Crippen LogP contribution in [0.4, 0.5) is 0 Å². The van der Waals surface area contributed by atoms with Gasteiger partial charge in [0.25, 0.3) is 0 Å². The molecule has 0 fully saturated rings. The summed E-state index contributed by atoms with van der Waals surface area (Å²) in [5.74, 6) is -3.91. The molecule has 0 aromatic heterocycles. The highest BCUT2D eigenvalue weighted by atomic mass is 35.5. The lowest BCUT2D eigenvalue weighted by Gasteiger charge is -2.30. The molecule has 0 aliphatic carbocycles. The minimum atomic E-state index is -0.895. The van der Waals surface area contributed by atoms with Gasteiger partial charge in [0.15, 0.2) is 13.2 Å². The first kappa shape index (κ1) is 25.9. The van der Waals surface area contributed by atoms with Crippen LogP contribution in [0.3, 0.4) is 0 Å². The first-order valence-electron chi connectivity index (χ1n) is 10.3. The van der Waals surface area contributed by atoms with Gasteiger partial charge in [-0.25, -0.2) is 19.2 Å². The lowest BCUT2D eigenvalue weighted by molar-refractivity contribution is -0.157. The summed E-state index contributed by atoms with van der Waals surface area (Å²) in [6.07, 6.45) is 0. The first-order chi connectivity index (χ1) is 15.7. The third-order valence-electron chi connectivity index (χ3n) is 4.66. The molecule has 2 rings (SSSR count). The Bertz CT molecular complexity index is 925. The smallest absolute Gasteiger partial charge is 0.344 e. The SMILES string of the molecule is CCOC(=O)COC(=O)C1=C(C)NC(C)=C(C(=O)OCC(=O)OCC)C1c1ccc(Cl)cc1. The summed E-state index contributed by atoms with van der Waals surface area (Å²) in [5.41, 5.74) is 1.64. The number of allylic oxidation sites excluding steroid dienone is 2. The van der Waals surface area contributed by atoms with Crippen LogP contribution < -0.4 is 5.32 Å². The number of carbonyl (C=O) groups is 4. The van der Waals surface area contributed by atoms with Gasteiger partial charge in [0.05, 0.1) is 30.3 Å². The molecule has 1 aliphatic heterocycles. The summed E-state index contributed by atoms with van der Waals surface area (Å²) in [6.45, 7) is 5.69. The summed E-state index contributed by atoms with van der Waals surface area (Å²) in [7, 11) is 0. The molecule has 1 aliphatic rings.